The third-order valence-electron chi connectivity index (χ3n) is 18.6. The fraction of sp³-hybridized carbons (Fsp3) is 0.709. The largest absolute Gasteiger partial charge is 0.508 e. The second kappa shape index (κ2) is 16.9. The van der Waals surface area contributed by atoms with E-state index in [9.17, 15) is 24.9 Å². The van der Waals surface area contributed by atoms with E-state index in [1.165, 1.54) is 16.7 Å². The maximum absolute atomic E-state index is 14.9. The lowest BCUT2D eigenvalue weighted by Crippen LogP contribution is -2.69. The molecule has 0 spiro atoms. The Labute approximate surface area is 384 Å². The molecule has 0 aromatic heterocycles. The molecule has 2 aromatic rings. The van der Waals surface area contributed by atoms with Crippen LogP contribution in [0.2, 0.25) is 0 Å². The Bertz CT molecular complexity index is 2160. The van der Waals surface area contributed by atoms with Gasteiger partial charge in [0.05, 0.1) is 17.8 Å². The average Bonchev–Trinajstić information content (AvgIpc) is 3.49. The molecule has 2 aromatic carbocycles. The number of rotatable bonds is 14. The van der Waals surface area contributed by atoms with E-state index in [1.807, 2.05) is 14.0 Å². The number of fused-ring (bicyclic) bond motifs is 5. The fourth-order valence-corrected chi connectivity index (χ4v) is 16.1. The van der Waals surface area contributed by atoms with Gasteiger partial charge in [-0.05, 0) is 171 Å². The van der Waals surface area contributed by atoms with Gasteiger partial charge in [-0.2, -0.15) is 0 Å². The maximum Gasteiger partial charge on any atom is 0.159 e. The number of ether oxygens (including phenoxy) is 1. The Morgan fingerprint density at radius 1 is 0.891 bits per heavy atom. The number of benzene rings is 2. The molecule has 7 N–H and O–H groups in total. The first-order chi connectivity index (χ1) is 30.0. The number of nitrogens with one attached hydrogen (secondary N) is 2. The number of nitrogen functional groups attached to an aromatic ring is 1. The highest BCUT2D eigenvalue weighted by molar-refractivity contribution is 6.00. The highest BCUT2D eigenvalue weighted by atomic mass is 16.6. The predicted molar refractivity (Wildman–Crippen MR) is 255 cm³/mol. The number of carbonyl (C=O) groups is 2. The second-order valence-electron chi connectivity index (χ2n) is 23.9. The summed E-state index contributed by atoms with van der Waals surface area (Å²) in [6.07, 6.45) is 6.88. The number of hydrogen-bond acceptors (Lipinski definition) is 9. The Morgan fingerprint density at radius 3 is 2.30 bits per heavy atom. The summed E-state index contributed by atoms with van der Waals surface area (Å²) in [6, 6.07) is 12.2. The van der Waals surface area contributed by atoms with E-state index in [0.29, 0.717) is 50.1 Å². The van der Waals surface area contributed by atoms with Crippen LogP contribution in [-0.2, 0) is 27.3 Å². The van der Waals surface area contributed by atoms with Crippen LogP contribution in [0.25, 0.3) is 0 Å². The van der Waals surface area contributed by atoms with Gasteiger partial charge < -0.3 is 36.4 Å². The first-order valence-corrected chi connectivity index (χ1v) is 24.9. The number of carbonyl (C=O) groups excluding carboxylic acids is 2. The second-order valence-corrected chi connectivity index (χ2v) is 23.9. The molecule has 9 nitrogen and oxygen atoms in total. The number of epoxide rings is 1. The van der Waals surface area contributed by atoms with Crippen molar-refractivity contribution in [2.45, 2.75) is 182 Å². The standard InChI is InChI=1S/C55H81N3O6/c1-30(2)17-33-19-35(23-37(56)21-33)39-13-12-14-41(39)55(10)50(64-55)44(61)18-31(3)47-42-15-16-46-52(7)25-40(36-20-34(29-57-11)22-38(60)24-36)49(63)51(5,6)48(52)43(58-28-32(4)59)26-54(46,9)53(42,8)27-45(47)62/h19-24,30-32,39-41,43-44,46,48,50,57-61H,12-18,25-29,56H2,1-11H3/t31-,32+,39+,40+,41-,43+,44-,46-,48+,50-,52+,53+,54+,55-/m1/s1. The van der Waals surface area contributed by atoms with Gasteiger partial charge in [0.1, 0.15) is 17.6 Å². The number of phenols is 1. The molecule has 0 radical (unpaired) electrons. The summed E-state index contributed by atoms with van der Waals surface area (Å²) in [5.41, 5.74) is 11.8. The van der Waals surface area contributed by atoms with Crippen LogP contribution in [0.15, 0.2) is 47.5 Å². The zero-order valence-corrected chi connectivity index (χ0v) is 40.9. The molecule has 0 bridgehead atoms. The Morgan fingerprint density at radius 2 is 1.61 bits per heavy atom. The number of anilines is 1. The molecular weight excluding hydrogens is 799 g/mol. The van der Waals surface area contributed by atoms with Crippen LogP contribution in [0.1, 0.15) is 161 Å². The topological polar surface area (TPSA) is 157 Å². The number of nitrogens with two attached hydrogens (primary N) is 1. The highest BCUT2D eigenvalue weighted by Crippen LogP contribution is 2.75. The number of aliphatic hydroxyl groups excluding tert-OH is 2. The molecule has 9 heteroatoms. The van der Waals surface area contributed by atoms with Crippen LogP contribution in [-0.4, -0.2) is 70.4 Å². The molecule has 352 valence electrons. The quantitative estimate of drug-likeness (QED) is 0.0805. The molecule has 64 heavy (non-hydrogen) atoms. The van der Waals surface area contributed by atoms with Crippen LogP contribution >= 0.6 is 0 Å². The monoisotopic (exact) mass is 880 g/mol. The minimum Gasteiger partial charge on any atom is -0.508 e. The van der Waals surface area contributed by atoms with Gasteiger partial charge in [-0.15, -0.1) is 0 Å². The molecule has 8 rings (SSSR count). The van der Waals surface area contributed by atoms with Gasteiger partial charge in [-0.25, -0.2) is 0 Å². The minimum absolute atomic E-state index is 0.00286. The van der Waals surface area contributed by atoms with Gasteiger partial charge in [0, 0.05) is 48.0 Å². The summed E-state index contributed by atoms with van der Waals surface area (Å²) < 4.78 is 6.59. The van der Waals surface area contributed by atoms with E-state index >= 15 is 0 Å². The van der Waals surface area contributed by atoms with E-state index in [4.69, 9.17) is 10.5 Å². The van der Waals surface area contributed by atoms with E-state index in [2.05, 4.69) is 97.2 Å². The van der Waals surface area contributed by atoms with Gasteiger partial charge in [-0.3, -0.25) is 9.59 Å². The Hall–Kier alpha value is -3.08. The molecule has 0 amide bonds. The molecule has 5 aliphatic carbocycles. The first-order valence-electron chi connectivity index (χ1n) is 24.9. The van der Waals surface area contributed by atoms with Crippen molar-refractivity contribution in [2.75, 3.05) is 19.3 Å². The summed E-state index contributed by atoms with van der Waals surface area (Å²) in [5, 5.41) is 40.6. The third-order valence-corrected chi connectivity index (χ3v) is 18.6. The lowest BCUT2D eigenvalue weighted by molar-refractivity contribution is -0.193. The molecule has 14 atom stereocenters. The van der Waals surface area contributed by atoms with Crippen molar-refractivity contribution in [3.05, 3.63) is 69.8 Å². The van der Waals surface area contributed by atoms with Gasteiger partial charge in [0.25, 0.3) is 0 Å². The predicted octanol–water partition coefficient (Wildman–Crippen LogP) is 9.16. The molecular formula is C55H81N3O6. The number of aliphatic hydroxyl groups is 2. The lowest BCUT2D eigenvalue weighted by Gasteiger charge is -2.70. The van der Waals surface area contributed by atoms with Crippen molar-refractivity contribution < 1.29 is 29.6 Å². The number of phenolic OH excluding ortho intramolecular Hbond substituents is 1. The van der Waals surface area contributed by atoms with Crippen molar-refractivity contribution in [1.29, 1.82) is 0 Å². The van der Waals surface area contributed by atoms with Crippen molar-refractivity contribution in [1.82, 2.24) is 10.6 Å². The van der Waals surface area contributed by atoms with E-state index in [1.54, 1.807) is 12.1 Å². The minimum atomic E-state index is -0.689. The molecule has 4 saturated carbocycles. The Balaban J connectivity index is 1.07. The van der Waals surface area contributed by atoms with Crippen LogP contribution in [0, 0.1) is 51.2 Å². The van der Waals surface area contributed by atoms with Gasteiger partial charge in [-0.1, -0.05) is 79.5 Å². The summed E-state index contributed by atoms with van der Waals surface area (Å²) >= 11 is 0. The molecule has 5 fully saturated rings. The number of aromatic hydroxyl groups is 1. The van der Waals surface area contributed by atoms with Gasteiger partial charge in [0.2, 0.25) is 0 Å². The van der Waals surface area contributed by atoms with Crippen LogP contribution in [0.4, 0.5) is 5.69 Å². The fourth-order valence-electron chi connectivity index (χ4n) is 16.1. The van der Waals surface area contributed by atoms with E-state index < -0.39 is 28.6 Å². The van der Waals surface area contributed by atoms with E-state index in [-0.39, 0.29) is 64.0 Å². The third kappa shape index (κ3) is 7.83. The van der Waals surface area contributed by atoms with Crippen LogP contribution in [0.5, 0.6) is 5.75 Å². The molecule has 0 unspecified atom stereocenters. The zero-order valence-electron chi connectivity index (χ0n) is 40.9. The SMILES string of the molecule is CNCc1cc(O)cc([C@@H]2C[C@@]3(C)[C@H]4CCC5=C([C@H](C)C[C@@H](O)[C@H]6O[C@]6(C)[C@@H]6CCC[C@H]6c6cc(N)cc(CC(C)C)c6)C(=O)C[C@]5(C)[C@@]4(C)C[C@H](NC[C@H](C)O)[C@H]3C(C)(C)C2=O)c1. The van der Waals surface area contributed by atoms with Crippen molar-refractivity contribution in [2.24, 2.45) is 51.2 Å². The van der Waals surface area contributed by atoms with Crippen molar-refractivity contribution in [3.63, 3.8) is 0 Å². The molecule has 1 heterocycles. The van der Waals surface area contributed by atoms with Crippen molar-refractivity contribution in [3.8, 4) is 5.75 Å². The number of Topliss-reactive ketones (excluding diaryl/α,β-unsaturated/α-hetero) is 2. The smallest absolute Gasteiger partial charge is 0.159 e. The Kier molecular flexibility index (Phi) is 12.5. The number of hydrogen-bond donors (Lipinski definition) is 6. The van der Waals surface area contributed by atoms with Crippen LogP contribution in [0.3, 0.4) is 0 Å². The summed E-state index contributed by atoms with van der Waals surface area (Å²) in [5.74, 6) is 1.49. The number of allylic oxidation sites excluding steroid dienone is 2. The maximum atomic E-state index is 14.9. The van der Waals surface area contributed by atoms with Gasteiger partial charge in [0.15, 0.2) is 5.78 Å². The van der Waals surface area contributed by atoms with Gasteiger partial charge >= 0.3 is 0 Å². The summed E-state index contributed by atoms with van der Waals surface area (Å²) in [7, 11) is 1.89. The summed E-state index contributed by atoms with van der Waals surface area (Å²) in [4.78, 5) is 29.6. The molecule has 6 aliphatic rings. The highest BCUT2D eigenvalue weighted by Gasteiger charge is 2.71. The lowest BCUT2D eigenvalue weighted by atomic mass is 9.34. The van der Waals surface area contributed by atoms with E-state index in [0.717, 1.165) is 67.3 Å². The van der Waals surface area contributed by atoms with Crippen molar-refractivity contribution >= 4 is 17.3 Å². The summed E-state index contributed by atoms with van der Waals surface area (Å²) in [6.45, 7) is 23.1. The van der Waals surface area contributed by atoms with Crippen LogP contribution < -0.4 is 16.4 Å². The number of ketones is 2. The zero-order chi connectivity index (χ0) is 46.5. The molecule has 1 aliphatic heterocycles. The molecule has 1 saturated heterocycles. The normalized spacial score (nSPS) is 38.2. The average molecular weight is 880 g/mol. The first kappa shape index (κ1) is 47.4.